The van der Waals surface area contributed by atoms with Crippen LogP contribution in [0.15, 0.2) is 158 Å². The van der Waals surface area contributed by atoms with Gasteiger partial charge in [-0.2, -0.15) is 0 Å². The number of para-hydroxylation sites is 3. The molecule has 9 aromatic rings. The van der Waals surface area contributed by atoms with Crippen molar-refractivity contribution in [3.8, 4) is 34.0 Å². The molecule has 0 aliphatic rings. The van der Waals surface area contributed by atoms with Crippen LogP contribution < -0.4 is 0 Å². The summed E-state index contributed by atoms with van der Waals surface area (Å²) in [7, 11) is 0. The lowest BCUT2D eigenvalue weighted by molar-refractivity contribution is 1.11. The number of aromatic nitrogens is 4. The van der Waals surface area contributed by atoms with Gasteiger partial charge in [0.05, 0.1) is 27.8 Å². The highest BCUT2D eigenvalue weighted by atomic mass is 15.0. The topological polar surface area (TPSA) is 35.6 Å². The van der Waals surface area contributed by atoms with Crippen molar-refractivity contribution < 1.29 is 0 Å². The van der Waals surface area contributed by atoms with E-state index in [1.807, 2.05) is 18.2 Å². The van der Waals surface area contributed by atoms with Crippen molar-refractivity contribution in [2.24, 2.45) is 0 Å². The van der Waals surface area contributed by atoms with Crippen LogP contribution in [0, 0.1) is 0 Å². The zero-order valence-electron chi connectivity index (χ0n) is 23.8. The first-order valence-electron chi connectivity index (χ1n) is 14.9. The Morgan fingerprint density at radius 3 is 2.02 bits per heavy atom. The van der Waals surface area contributed by atoms with E-state index in [0.717, 1.165) is 44.6 Å². The fraction of sp³-hybridized carbons (Fsp3) is 0. The number of hydrogen-bond donors (Lipinski definition) is 0. The molecule has 0 spiro atoms. The van der Waals surface area contributed by atoms with Crippen molar-refractivity contribution in [1.29, 1.82) is 0 Å². The van der Waals surface area contributed by atoms with Gasteiger partial charge in [0.15, 0.2) is 5.82 Å². The molecule has 0 atom stereocenters. The molecule has 6 aromatic carbocycles. The Morgan fingerprint density at radius 2 is 1.16 bits per heavy atom. The lowest BCUT2D eigenvalue weighted by Gasteiger charge is -2.13. The molecule has 3 heterocycles. The zero-order valence-corrected chi connectivity index (χ0v) is 23.8. The maximum atomic E-state index is 5.16. The average Bonchev–Trinajstić information content (AvgIpc) is 3.68. The minimum atomic E-state index is 0.711. The second kappa shape index (κ2) is 9.79. The summed E-state index contributed by atoms with van der Waals surface area (Å²) in [6.45, 7) is 0. The molecule has 0 bridgehead atoms. The molecule has 0 aliphatic carbocycles. The zero-order chi connectivity index (χ0) is 29.0. The second-order valence-electron chi connectivity index (χ2n) is 11.1. The third-order valence-corrected chi connectivity index (χ3v) is 8.53. The van der Waals surface area contributed by atoms with Crippen LogP contribution in [0.2, 0.25) is 0 Å². The highest BCUT2D eigenvalue weighted by Gasteiger charge is 2.19. The fourth-order valence-corrected chi connectivity index (χ4v) is 6.55. The molecule has 9 rings (SSSR count). The van der Waals surface area contributed by atoms with E-state index in [9.17, 15) is 0 Å². The molecule has 44 heavy (non-hydrogen) atoms. The highest BCUT2D eigenvalue weighted by Crippen LogP contribution is 2.38. The normalized spacial score (nSPS) is 11.6. The molecule has 4 heteroatoms. The quantitative estimate of drug-likeness (QED) is 0.214. The lowest BCUT2D eigenvalue weighted by Crippen LogP contribution is -1.99. The maximum Gasteiger partial charge on any atom is 0.160 e. The SMILES string of the molecule is c1ccc(-c2nc(-c3cccc(-n4c5ccccc5c5ccc6ccn(-c7ccccc7)c6c54)c3)nc3ccccc23)cc1. The van der Waals surface area contributed by atoms with Gasteiger partial charge in [-0.05, 0) is 42.5 Å². The van der Waals surface area contributed by atoms with Gasteiger partial charge in [0.1, 0.15) is 0 Å². The number of nitrogens with zero attached hydrogens (tertiary/aromatic N) is 4. The van der Waals surface area contributed by atoms with Crippen LogP contribution in [-0.4, -0.2) is 19.1 Å². The Balaban J connectivity index is 1.32. The van der Waals surface area contributed by atoms with E-state index in [0.29, 0.717) is 5.82 Å². The van der Waals surface area contributed by atoms with Gasteiger partial charge in [-0.25, -0.2) is 9.97 Å². The standard InChI is InChI=1S/C40H26N4/c1-3-12-27(13-4-1)37-34-19-7-9-20-35(34)41-40(42-37)29-14-11-17-31(26-29)44-36-21-10-8-18-32(36)33-23-22-28-24-25-43(38(28)39(33)44)30-15-5-2-6-16-30/h1-26H. The van der Waals surface area contributed by atoms with Crippen LogP contribution >= 0.6 is 0 Å². The number of fused-ring (bicyclic) bond motifs is 6. The Kier molecular flexibility index (Phi) is 5.47. The summed E-state index contributed by atoms with van der Waals surface area (Å²) in [4.78, 5) is 10.2. The molecular weight excluding hydrogens is 536 g/mol. The smallest absolute Gasteiger partial charge is 0.160 e. The van der Waals surface area contributed by atoms with Crippen LogP contribution in [0.25, 0.3) is 77.6 Å². The van der Waals surface area contributed by atoms with E-state index in [2.05, 4.69) is 149 Å². The van der Waals surface area contributed by atoms with E-state index in [-0.39, 0.29) is 0 Å². The largest absolute Gasteiger partial charge is 0.315 e. The monoisotopic (exact) mass is 562 g/mol. The van der Waals surface area contributed by atoms with Crippen molar-refractivity contribution in [3.05, 3.63) is 158 Å². The van der Waals surface area contributed by atoms with Gasteiger partial charge in [-0.15, -0.1) is 0 Å². The molecule has 4 nitrogen and oxygen atoms in total. The van der Waals surface area contributed by atoms with Crippen molar-refractivity contribution in [2.75, 3.05) is 0 Å². The number of hydrogen-bond acceptors (Lipinski definition) is 2. The Morgan fingerprint density at radius 1 is 0.455 bits per heavy atom. The van der Waals surface area contributed by atoms with Crippen molar-refractivity contribution in [3.63, 3.8) is 0 Å². The molecule has 3 aromatic heterocycles. The van der Waals surface area contributed by atoms with E-state index in [1.54, 1.807) is 0 Å². The van der Waals surface area contributed by atoms with Crippen LogP contribution in [0.5, 0.6) is 0 Å². The number of rotatable bonds is 4. The van der Waals surface area contributed by atoms with E-state index >= 15 is 0 Å². The molecular formula is C40H26N4. The summed E-state index contributed by atoms with van der Waals surface area (Å²) in [6, 6.07) is 53.2. The Hall–Kier alpha value is -6.00. The first-order valence-corrected chi connectivity index (χ1v) is 14.9. The molecule has 0 fully saturated rings. The summed E-state index contributed by atoms with van der Waals surface area (Å²) in [5.41, 5.74) is 9.66. The minimum absolute atomic E-state index is 0.711. The number of benzene rings is 6. The van der Waals surface area contributed by atoms with Crippen molar-refractivity contribution in [2.45, 2.75) is 0 Å². The molecule has 0 radical (unpaired) electrons. The summed E-state index contributed by atoms with van der Waals surface area (Å²) in [5.74, 6) is 0.711. The van der Waals surface area contributed by atoms with Crippen LogP contribution in [-0.2, 0) is 0 Å². The Labute approximate surface area is 254 Å². The molecule has 0 saturated carbocycles. The molecule has 0 amide bonds. The summed E-state index contributed by atoms with van der Waals surface area (Å²) >= 11 is 0. The molecule has 0 N–H and O–H groups in total. The molecule has 0 aliphatic heterocycles. The van der Waals surface area contributed by atoms with Gasteiger partial charge in [0.2, 0.25) is 0 Å². The third-order valence-electron chi connectivity index (χ3n) is 8.53. The molecule has 206 valence electrons. The first kappa shape index (κ1) is 24.6. The predicted molar refractivity (Wildman–Crippen MR) is 182 cm³/mol. The van der Waals surface area contributed by atoms with Gasteiger partial charge in [0.25, 0.3) is 0 Å². The van der Waals surface area contributed by atoms with E-state index < -0.39 is 0 Å². The van der Waals surface area contributed by atoms with Gasteiger partial charge in [0, 0.05) is 50.2 Å². The van der Waals surface area contributed by atoms with Crippen molar-refractivity contribution in [1.82, 2.24) is 19.1 Å². The Bertz CT molecular complexity index is 2490. The van der Waals surface area contributed by atoms with Crippen LogP contribution in [0.3, 0.4) is 0 Å². The predicted octanol–water partition coefficient (Wildman–Crippen LogP) is 10.0. The van der Waals surface area contributed by atoms with Crippen LogP contribution in [0.1, 0.15) is 0 Å². The third kappa shape index (κ3) is 3.78. The summed E-state index contributed by atoms with van der Waals surface area (Å²) in [6.07, 6.45) is 2.17. The van der Waals surface area contributed by atoms with Gasteiger partial charge in [-0.1, -0.05) is 109 Å². The van der Waals surface area contributed by atoms with Gasteiger partial charge in [-0.3, -0.25) is 0 Å². The fourth-order valence-electron chi connectivity index (χ4n) is 6.55. The molecule has 0 saturated heterocycles. The lowest BCUT2D eigenvalue weighted by atomic mass is 10.1. The minimum Gasteiger partial charge on any atom is -0.315 e. The summed E-state index contributed by atoms with van der Waals surface area (Å²) in [5, 5.41) is 4.70. The summed E-state index contributed by atoms with van der Waals surface area (Å²) < 4.78 is 4.70. The van der Waals surface area contributed by atoms with Gasteiger partial charge < -0.3 is 9.13 Å². The average molecular weight is 563 g/mol. The van der Waals surface area contributed by atoms with Crippen molar-refractivity contribution >= 4 is 43.6 Å². The molecule has 0 unspecified atom stereocenters. The van der Waals surface area contributed by atoms with E-state index in [4.69, 9.17) is 9.97 Å². The first-order chi connectivity index (χ1) is 21.8. The van der Waals surface area contributed by atoms with Crippen LogP contribution in [0.4, 0.5) is 0 Å². The van der Waals surface area contributed by atoms with E-state index in [1.165, 1.54) is 27.2 Å². The maximum absolute atomic E-state index is 5.16. The van der Waals surface area contributed by atoms with Gasteiger partial charge >= 0.3 is 0 Å². The highest BCUT2D eigenvalue weighted by molar-refractivity contribution is 6.18. The second-order valence-corrected chi connectivity index (χ2v) is 11.1.